The van der Waals surface area contributed by atoms with Crippen molar-refractivity contribution in [2.45, 2.75) is 122 Å². The summed E-state index contributed by atoms with van der Waals surface area (Å²) in [6, 6.07) is 0. The second-order valence-electron chi connectivity index (χ2n) is 11.2. The van der Waals surface area contributed by atoms with Crippen LogP contribution < -0.4 is 28.9 Å². The van der Waals surface area contributed by atoms with Gasteiger partial charge in [-0.25, -0.2) is 0 Å². The normalized spacial score (nSPS) is 16.7. The molecule has 0 bridgehead atoms. The Kier molecular flexibility index (Phi) is 71.0. The Morgan fingerprint density at radius 1 is 0.474 bits per heavy atom. The van der Waals surface area contributed by atoms with E-state index in [1.54, 1.807) is 4.90 Å². The quantitative estimate of drug-likeness (QED) is 0.188. The summed E-state index contributed by atoms with van der Waals surface area (Å²) in [7, 11) is 12.7. The van der Waals surface area contributed by atoms with Crippen molar-refractivity contribution in [1.82, 2.24) is 9.80 Å². The minimum absolute atomic E-state index is 0. The summed E-state index contributed by atoms with van der Waals surface area (Å²) < 4.78 is 0. The van der Waals surface area contributed by atoms with E-state index < -0.39 is 0 Å². The first-order valence-electron chi connectivity index (χ1n) is 14.0. The van der Waals surface area contributed by atoms with Crippen LogP contribution in [-0.4, -0.2) is 65.3 Å². The second-order valence-corrected chi connectivity index (χ2v) is 11.2. The van der Waals surface area contributed by atoms with Gasteiger partial charge in [-0.2, -0.15) is 0 Å². The molecule has 3 nitrogen and oxygen atoms in total. The third-order valence-corrected chi connectivity index (χ3v) is 6.49. The zero-order valence-electron chi connectivity index (χ0n) is 27.9. The molecule has 0 saturated heterocycles. The van der Waals surface area contributed by atoms with Gasteiger partial charge in [-0.1, -0.05) is 109 Å². The van der Waals surface area contributed by atoms with Gasteiger partial charge in [0, 0.05) is 12.6 Å². The average molecular weight is 740 g/mol. The third-order valence-electron chi connectivity index (χ3n) is 6.49. The van der Waals surface area contributed by atoms with E-state index in [1.807, 2.05) is 0 Å². The Morgan fingerprint density at radius 3 is 0.816 bits per heavy atom. The fraction of sp³-hybridized carbons (Fsp3) is 0.875. The van der Waals surface area contributed by atoms with Crippen LogP contribution in [0, 0.1) is 35.6 Å². The van der Waals surface area contributed by atoms with Crippen molar-refractivity contribution in [3.63, 3.8) is 0 Å². The van der Waals surface area contributed by atoms with Gasteiger partial charge in [0.1, 0.15) is 0 Å². The van der Waals surface area contributed by atoms with Crippen molar-refractivity contribution < 1.29 is 63.0 Å². The van der Waals surface area contributed by atoms with Crippen LogP contribution in [0.5, 0.6) is 0 Å². The van der Waals surface area contributed by atoms with Gasteiger partial charge in [-0.15, -0.1) is 0 Å². The van der Waals surface area contributed by atoms with E-state index in [4.69, 9.17) is 0 Å². The molecule has 6 heteroatoms. The Morgan fingerprint density at radius 2 is 0.684 bits per heavy atom. The van der Waals surface area contributed by atoms with Crippen LogP contribution in [0.25, 0.3) is 0 Å². The van der Waals surface area contributed by atoms with Crippen LogP contribution in [-0.2, 0) is 34.1 Å². The number of halogens is 1. The van der Waals surface area contributed by atoms with Crippen LogP contribution in [0.2, 0.25) is 0 Å². The first kappa shape index (κ1) is 59.1. The number of hydrogen-bond acceptors (Lipinski definition) is 2. The number of hydrogen-bond donors (Lipinski definition) is 1. The fourth-order valence-electron chi connectivity index (χ4n) is 5.01. The topological polar surface area (TPSA) is 10.9 Å². The van der Waals surface area contributed by atoms with Crippen LogP contribution in [0.4, 0.5) is 0 Å². The maximum absolute atomic E-state index is 2.25. The van der Waals surface area contributed by atoms with E-state index >= 15 is 0 Å². The zero-order chi connectivity index (χ0) is 23.2. The predicted molar refractivity (Wildman–Crippen MR) is 167 cm³/mol. The molecule has 1 N–H and O–H groups in total. The molecule has 0 aliphatic heterocycles. The average Bonchev–Trinajstić information content (AvgIpc) is 3.55. The molecule has 4 rings (SSSR count). The van der Waals surface area contributed by atoms with Crippen LogP contribution in [0.15, 0.2) is 0 Å². The molecule has 0 heterocycles. The Labute approximate surface area is 284 Å². The van der Waals surface area contributed by atoms with Crippen molar-refractivity contribution in [3.05, 3.63) is 29.7 Å². The number of nitrogens with one attached hydrogen (secondary N) is 1. The Balaban J connectivity index is -0.0000000479. The van der Waals surface area contributed by atoms with Crippen LogP contribution in [0.3, 0.4) is 0 Å². The van der Waals surface area contributed by atoms with E-state index in [9.17, 15) is 0 Å². The van der Waals surface area contributed by atoms with Gasteiger partial charge in [0.15, 0.2) is 0 Å². The van der Waals surface area contributed by atoms with Gasteiger partial charge >= 0.3 is 34.1 Å². The molecule has 0 aromatic carbocycles. The molecule has 0 aromatic heterocycles. The molecule has 240 valence electrons. The van der Waals surface area contributed by atoms with E-state index in [0.29, 0.717) is 0 Å². The molecule has 4 aliphatic carbocycles. The minimum atomic E-state index is 0. The molecule has 0 spiro atoms. The van der Waals surface area contributed by atoms with Crippen molar-refractivity contribution in [3.8, 4) is 0 Å². The maximum atomic E-state index is 2.25. The molecular formula is C32H74Fe2IN3. The summed E-state index contributed by atoms with van der Waals surface area (Å²) in [6.07, 6.45) is 28.5. The molecule has 38 heavy (non-hydrogen) atoms. The van der Waals surface area contributed by atoms with Gasteiger partial charge in [0.05, 0.1) is 20.6 Å². The SMILES string of the molecule is C1CCCC1.C1CCCC1.C1CCCC1.CN(C)CN(C)C.C[NH+](C)CC1CCCC1.[CH3-].[CH3-].[CH3-].[CH3-].[Fe+2].[Fe+2].[I-]. The summed E-state index contributed by atoms with van der Waals surface area (Å²) in [4.78, 5) is 5.86. The maximum Gasteiger partial charge on any atom is 2.00 e. The molecule has 0 aromatic rings. The second kappa shape index (κ2) is 45.6. The Hall–Kier alpha value is 1.65. The summed E-state index contributed by atoms with van der Waals surface area (Å²) in [5, 5.41) is 0. The van der Waals surface area contributed by atoms with E-state index in [2.05, 4.69) is 52.1 Å². The molecule has 0 radical (unpaired) electrons. The van der Waals surface area contributed by atoms with Crippen molar-refractivity contribution in [2.75, 3.05) is 55.5 Å². The van der Waals surface area contributed by atoms with Gasteiger partial charge in [0.25, 0.3) is 0 Å². The zero-order valence-corrected chi connectivity index (χ0v) is 32.3. The third kappa shape index (κ3) is 50.5. The summed E-state index contributed by atoms with van der Waals surface area (Å²) in [5.41, 5.74) is 0. The summed E-state index contributed by atoms with van der Waals surface area (Å²) in [6.45, 7) is 2.42. The summed E-state index contributed by atoms with van der Waals surface area (Å²) >= 11 is 0. The number of nitrogens with zero attached hydrogens (tertiary/aromatic N) is 2. The predicted octanol–water partition coefficient (Wildman–Crippen LogP) is 5.04. The minimum Gasteiger partial charge on any atom is -1.00 e. The fourth-order valence-corrected chi connectivity index (χ4v) is 5.01. The summed E-state index contributed by atoms with van der Waals surface area (Å²) in [5.74, 6) is 1.05. The number of rotatable bonds is 4. The molecule has 0 atom stereocenters. The molecule has 0 unspecified atom stereocenters. The van der Waals surface area contributed by atoms with Crippen LogP contribution >= 0.6 is 0 Å². The van der Waals surface area contributed by atoms with Gasteiger partial charge in [-0.05, 0) is 41.0 Å². The monoisotopic (exact) mass is 739 g/mol. The smallest absolute Gasteiger partial charge is 1.00 e. The van der Waals surface area contributed by atoms with Gasteiger partial charge in [0.2, 0.25) is 0 Å². The molecule has 4 aliphatic rings. The molecule has 4 saturated carbocycles. The van der Waals surface area contributed by atoms with Gasteiger partial charge in [-0.3, -0.25) is 9.80 Å². The first-order valence-corrected chi connectivity index (χ1v) is 14.0. The van der Waals surface area contributed by atoms with Crippen molar-refractivity contribution in [1.29, 1.82) is 0 Å². The van der Waals surface area contributed by atoms with Crippen molar-refractivity contribution >= 4 is 0 Å². The molecule has 0 amide bonds. The molecule has 4 fully saturated rings. The van der Waals surface area contributed by atoms with Crippen LogP contribution in [0.1, 0.15) is 122 Å². The standard InChI is InChI=1S/C8H17N.C5H14N2.3C5H10.4CH3.2Fe.HI/c1-9(2)7-8-5-3-4-6-8;1-6(2)5-7(3)4;3*1-2-4-5-3-1;;;;;;;/h8H,3-7H2,1-2H3;5H2,1-4H3;3*1-5H2;4*1H3;;;1H/q;;;;;4*-1;2*+2;. The molecular weight excluding hydrogens is 665 g/mol. The largest absolute Gasteiger partial charge is 2.00 e. The van der Waals surface area contributed by atoms with E-state index in [0.717, 1.165) is 12.6 Å². The Bertz CT molecular complexity index is 289. The number of quaternary nitrogens is 1. The van der Waals surface area contributed by atoms with Crippen molar-refractivity contribution in [2.24, 2.45) is 5.92 Å². The van der Waals surface area contributed by atoms with E-state index in [1.165, 1.54) is 129 Å². The van der Waals surface area contributed by atoms with Gasteiger partial charge < -0.3 is 58.6 Å². The van der Waals surface area contributed by atoms with E-state index in [-0.39, 0.29) is 87.8 Å². The first-order chi connectivity index (χ1) is 14.9.